The fourth-order valence-electron chi connectivity index (χ4n) is 2.66. The van der Waals surface area contributed by atoms with Crippen molar-refractivity contribution in [2.45, 2.75) is 52.0 Å². The molecule has 2 heteroatoms. The Kier molecular flexibility index (Phi) is 6.07. The van der Waals surface area contributed by atoms with E-state index in [1.165, 1.54) is 37.7 Å². The van der Waals surface area contributed by atoms with Gasteiger partial charge in [0.2, 0.25) is 0 Å². The van der Waals surface area contributed by atoms with Gasteiger partial charge >= 0.3 is 0 Å². The lowest BCUT2D eigenvalue weighted by Crippen LogP contribution is -2.39. The number of nitrogens with zero attached hydrogens (tertiary/aromatic N) is 1. The number of rotatable bonds is 5. The summed E-state index contributed by atoms with van der Waals surface area (Å²) in [5.74, 6) is 0.696. The summed E-state index contributed by atoms with van der Waals surface area (Å²) < 4.78 is 0. The van der Waals surface area contributed by atoms with Crippen LogP contribution in [0.4, 0.5) is 0 Å². The molecule has 2 atom stereocenters. The predicted octanol–water partition coefficient (Wildman–Crippen LogP) is 2.79. The van der Waals surface area contributed by atoms with Crippen LogP contribution in [-0.2, 0) is 0 Å². The van der Waals surface area contributed by atoms with Crippen LogP contribution in [0.5, 0.6) is 0 Å². The minimum Gasteiger partial charge on any atom is -0.327 e. The van der Waals surface area contributed by atoms with Crippen molar-refractivity contribution in [1.29, 1.82) is 0 Å². The molecule has 0 aromatic rings. The van der Waals surface area contributed by atoms with Gasteiger partial charge in [0, 0.05) is 19.1 Å². The van der Waals surface area contributed by atoms with Gasteiger partial charge in [0.05, 0.1) is 0 Å². The third-order valence-corrected chi connectivity index (χ3v) is 3.65. The van der Waals surface area contributed by atoms with E-state index >= 15 is 0 Å². The largest absolute Gasteiger partial charge is 0.327 e. The van der Waals surface area contributed by atoms with E-state index < -0.39 is 0 Å². The molecule has 0 aliphatic heterocycles. The van der Waals surface area contributed by atoms with Gasteiger partial charge in [0.15, 0.2) is 0 Å². The molecule has 2 N–H and O–H groups in total. The zero-order valence-electron chi connectivity index (χ0n) is 11.0. The van der Waals surface area contributed by atoms with Crippen molar-refractivity contribution >= 4 is 0 Å². The van der Waals surface area contributed by atoms with Crippen LogP contribution < -0.4 is 5.73 Å². The number of nitrogens with two attached hydrogens (primary N) is 1. The zero-order valence-corrected chi connectivity index (χ0v) is 11.0. The van der Waals surface area contributed by atoms with E-state index in [0.717, 1.165) is 19.6 Å². The van der Waals surface area contributed by atoms with Crippen molar-refractivity contribution in [3.8, 4) is 0 Å². The molecule has 1 rings (SSSR count). The maximum Gasteiger partial charge on any atom is 0.0187 e. The highest BCUT2D eigenvalue weighted by atomic mass is 15.1. The molecular formula is C14H28N2. The van der Waals surface area contributed by atoms with Crippen LogP contribution >= 0.6 is 0 Å². The molecule has 0 heterocycles. The van der Waals surface area contributed by atoms with Crippen molar-refractivity contribution < 1.29 is 0 Å². The molecule has 0 radical (unpaired) electrons. The molecule has 2 unspecified atom stereocenters. The van der Waals surface area contributed by atoms with Gasteiger partial charge in [-0.3, -0.25) is 4.90 Å². The van der Waals surface area contributed by atoms with E-state index in [-0.39, 0.29) is 0 Å². The predicted molar refractivity (Wildman–Crippen MR) is 71.5 cm³/mol. The molecule has 94 valence electrons. The summed E-state index contributed by atoms with van der Waals surface area (Å²) in [6.07, 6.45) is 6.59. The van der Waals surface area contributed by atoms with Gasteiger partial charge in [0.1, 0.15) is 0 Å². The Morgan fingerprint density at radius 1 is 1.31 bits per heavy atom. The van der Waals surface area contributed by atoms with Crippen LogP contribution in [0.25, 0.3) is 0 Å². The highest BCUT2D eigenvalue weighted by molar-refractivity contribution is 4.92. The molecule has 0 amide bonds. The van der Waals surface area contributed by atoms with Gasteiger partial charge in [-0.05, 0) is 32.2 Å². The van der Waals surface area contributed by atoms with Crippen LogP contribution in [0.1, 0.15) is 46.0 Å². The first-order chi connectivity index (χ1) is 7.63. The van der Waals surface area contributed by atoms with Crippen molar-refractivity contribution in [1.82, 2.24) is 4.90 Å². The summed E-state index contributed by atoms with van der Waals surface area (Å²) >= 11 is 0. The van der Waals surface area contributed by atoms with E-state index in [4.69, 9.17) is 5.73 Å². The van der Waals surface area contributed by atoms with Gasteiger partial charge in [-0.25, -0.2) is 0 Å². The molecule has 2 nitrogen and oxygen atoms in total. The summed E-state index contributed by atoms with van der Waals surface area (Å²) in [4.78, 5) is 2.48. The van der Waals surface area contributed by atoms with Crippen molar-refractivity contribution in [3.63, 3.8) is 0 Å². The molecule has 1 fully saturated rings. The molecule has 1 aliphatic rings. The van der Waals surface area contributed by atoms with E-state index in [1.807, 2.05) is 0 Å². The average Bonchev–Trinajstić information content (AvgIpc) is 2.42. The quantitative estimate of drug-likeness (QED) is 0.575. The first-order valence-corrected chi connectivity index (χ1v) is 6.75. The Morgan fingerprint density at radius 3 is 2.62 bits per heavy atom. The molecule has 0 bridgehead atoms. The van der Waals surface area contributed by atoms with Crippen LogP contribution in [0.15, 0.2) is 12.2 Å². The number of likely N-dealkylation sites (N-methyl/N-ethyl adjacent to an activating group) is 1. The Balaban J connectivity index is 2.44. The third kappa shape index (κ3) is 4.67. The van der Waals surface area contributed by atoms with Crippen LogP contribution in [0.2, 0.25) is 0 Å². The lowest BCUT2D eigenvalue weighted by molar-refractivity contribution is 0.229. The van der Waals surface area contributed by atoms with E-state index in [2.05, 4.69) is 25.3 Å². The standard InChI is InChI=1S/C14H28N2/c1-4-16(10-12(2)3)11-13-8-6-5-7-9-14(13)15/h13-14H,2,4-11,15H2,1,3H3. The average molecular weight is 224 g/mol. The second-order valence-electron chi connectivity index (χ2n) is 5.35. The summed E-state index contributed by atoms with van der Waals surface area (Å²) in [6, 6.07) is 0.418. The zero-order chi connectivity index (χ0) is 12.0. The van der Waals surface area contributed by atoms with E-state index in [0.29, 0.717) is 12.0 Å². The molecule has 1 saturated carbocycles. The van der Waals surface area contributed by atoms with Crippen molar-refractivity contribution in [3.05, 3.63) is 12.2 Å². The van der Waals surface area contributed by atoms with Gasteiger partial charge in [-0.2, -0.15) is 0 Å². The van der Waals surface area contributed by atoms with Gasteiger partial charge in [-0.15, -0.1) is 0 Å². The molecule has 16 heavy (non-hydrogen) atoms. The normalized spacial score (nSPS) is 26.8. The van der Waals surface area contributed by atoms with E-state index in [9.17, 15) is 0 Å². The lowest BCUT2D eigenvalue weighted by atomic mass is 9.95. The van der Waals surface area contributed by atoms with Crippen LogP contribution in [0.3, 0.4) is 0 Å². The molecule has 0 spiro atoms. The topological polar surface area (TPSA) is 29.3 Å². The summed E-state index contributed by atoms with van der Waals surface area (Å²) in [5, 5.41) is 0. The monoisotopic (exact) mass is 224 g/mol. The van der Waals surface area contributed by atoms with Crippen LogP contribution in [0, 0.1) is 5.92 Å². The first-order valence-electron chi connectivity index (χ1n) is 6.75. The Hall–Kier alpha value is -0.340. The Labute approximate surface area is 101 Å². The third-order valence-electron chi connectivity index (χ3n) is 3.65. The molecule has 0 aromatic carbocycles. The highest BCUT2D eigenvalue weighted by Gasteiger charge is 2.22. The lowest BCUT2D eigenvalue weighted by Gasteiger charge is -2.29. The smallest absolute Gasteiger partial charge is 0.0187 e. The van der Waals surface area contributed by atoms with E-state index in [1.54, 1.807) is 0 Å². The fraction of sp³-hybridized carbons (Fsp3) is 0.857. The van der Waals surface area contributed by atoms with Gasteiger partial charge in [0.25, 0.3) is 0 Å². The van der Waals surface area contributed by atoms with Crippen molar-refractivity contribution in [2.75, 3.05) is 19.6 Å². The van der Waals surface area contributed by atoms with Gasteiger partial charge < -0.3 is 5.73 Å². The fourth-order valence-corrected chi connectivity index (χ4v) is 2.66. The second-order valence-corrected chi connectivity index (χ2v) is 5.35. The molecule has 0 saturated heterocycles. The maximum atomic E-state index is 6.26. The first kappa shape index (κ1) is 13.7. The van der Waals surface area contributed by atoms with Crippen LogP contribution in [-0.4, -0.2) is 30.6 Å². The Morgan fingerprint density at radius 2 is 2.00 bits per heavy atom. The number of hydrogen-bond acceptors (Lipinski definition) is 2. The van der Waals surface area contributed by atoms with Gasteiger partial charge in [-0.1, -0.05) is 38.3 Å². The second kappa shape index (κ2) is 7.08. The molecule has 1 aliphatic carbocycles. The van der Waals surface area contributed by atoms with Crippen molar-refractivity contribution in [2.24, 2.45) is 11.7 Å². The summed E-state index contributed by atoms with van der Waals surface area (Å²) in [7, 11) is 0. The highest BCUT2D eigenvalue weighted by Crippen LogP contribution is 2.23. The molecular weight excluding hydrogens is 196 g/mol. The molecule has 0 aromatic heterocycles. The minimum absolute atomic E-state index is 0.418. The summed E-state index contributed by atoms with van der Waals surface area (Å²) in [5.41, 5.74) is 7.52. The summed E-state index contributed by atoms with van der Waals surface area (Å²) in [6.45, 7) is 11.6. The maximum absolute atomic E-state index is 6.26. The number of hydrogen-bond donors (Lipinski definition) is 1. The SMILES string of the molecule is C=C(C)CN(CC)CC1CCCCCC1N. The minimum atomic E-state index is 0.418. The Bertz CT molecular complexity index is 213.